The molecule has 1 aliphatic heterocycles. The quantitative estimate of drug-likeness (QED) is 0.748. The van der Waals surface area contributed by atoms with Crippen LogP contribution in [-0.2, 0) is 0 Å². The lowest BCUT2D eigenvalue weighted by Gasteiger charge is -2.15. The first kappa shape index (κ1) is 8.38. The van der Waals surface area contributed by atoms with Gasteiger partial charge in [0.1, 0.15) is 11.4 Å². The lowest BCUT2D eigenvalue weighted by atomic mass is 10.3. The van der Waals surface area contributed by atoms with E-state index in [-0.39, 0.29) is 5.75 Å². The standard InChI is InChI=1S/C9H9ClN2O/c10-7-2-3-9(13)8(6-7)12-5-1-4-11-12/h2-4,6,13H,1,5H2. The predicted octanol–water partition coefficient (Wildman–Crippen LogP) is 2.24. The van der Waals surface area contributed by atoms with E-state index >= 15 is 0 Å². The summed E-state index contributed by atoms with van der Waals surface area (Å²) in [6.07, 6.45) is 2.73. The first-order valence-electron chi connectivity index (χ1n) is 4.06. The van der Waals surface area contributed by atoms with Crippen LogP contribution in [0.2, 0.25) is 5.02 Å². The third kappa shape index (κ3) is 1.60. The summed E-state index contributed by atoms with van der Waals surface area (Å²) >= 11 is 5.81. The number of nitrogens with zero attached hydrogens (tertiary/aromatic N) is 2. The molecule has 0 amide bonds. The van der Waals surface area contributed by atoms with Crippen molar-refractivity contribution in [3.8, 4) is 5.75 Å². The SMILES string of the molecule is Oc1ccc(Cl)cc1N1CCC=N1. The van der Waals surface area contributed by atoms with Crippen LogP contribution in [0.3, 0.4) is 0 Å². The molecule has 4 heteroatoms. The third-order valence-electron chi connectivity index (χ3n) is 1.91. The molecule has 1 aromatic rings. The molecule has 0 saturated heterocycles. The molecule has 0 aromatic heterocycles. The van der Waals surface area contributed by atoms with Crippen LogP contribution in [0.25, 0.3) is 0 Å². The summed E-state index contributed by atoms with van der Waals surface area (Å²) in [5.41, 5.74) is 0.668. The molecule has 1 aromatic carbocycles. The second-order valence-electron chi connectivity index (χ2n) is 2.84. The molecule has 0 atom stereocenters. The van der Waals surface area contributed by atoms with Gasteiger partial charge in [-0.1, -0.05) is 11.6 Å². The van der Waals surface area contributed by atoms with E-state index in [0.29, 0.717) is 10.7 Å². The number of phenolic OH excluding ortho intramolecular Hbond substituents is 1. The van der Waals surface area contributed by atoms with Gasteiger partial charge in [-0.3, -0.25) is 5.01 Å². The van der Waals surface area contributed by atoms with E-state index < -0.39 is 0 Å². The minimum absolute atomic E-state index is 0.212. The highest BCUT2D eigenvalue weighted by Gasteiger charge is 2.12. The van der Waals surface area contributed by atoms with Crippen LogP contribution in [0, 0.1) is 0 Å². The Bertz CT molecular complexity index is 351. The van der Waals surface area contributed by atoms with Crippen molar-refractivity contribution in [2.24, 2.45) is 5.10 Å². The maximum atomic E-state index is 9.52. The maximum Gasteiger partial charge on any atom is 0.140 e. The van der Waals surface area contributed by atoms with Crippen molar-refractivity contribution >= 4 is 23.5 Å². The normalized spacial score (nSPS) is 15.3. The Morgan fingerprint density at radius 1 is 1.46 bits per heavy atom. The molecule has 0 fully saturated rings. The molecular formula is C9H9ClN2O. The van der Waals surface area contributed by atoms with Gasteiger partial charge in [-0.25, -0.2) is 0 Å². The molecule has 1 N–H and O–H groups in total. The van der Waals surface area contributed by atoms with Crippen molar-refractivity contribution in [3.05, 3.63) is 23.2 Å². The number of hydrogen-bond acceptors (Lipinski definition) is 3. The zero-order valence-electron chi connectivity index (χ0n) is 6.94. The van der Waals surface area contributed by atoms with Gasteiger partial charge in [-0.15, -0.1) is 0 Å². The van der Waals surface area contributed by atoms with Crippen LogP contribution in [0.15, 0.2) is 23.3 Å². The average Bonchev–Trinajstić information content (AvgIpc) is 2.61. The van der Waals surface area contributed by atoms with Crippen molar-refractivity contribution in [3.63, 3.8) is 0 Å². The molecule has 2 rings (SSSR count). The lowest BCUT2D eigenvalue weighted by Crippen LogP contribution is -2.11. The van der Waals surface area contributed by atoms with E-state index in [0.717, 1.165) is 13.0 Å². The fraction of sp³-hybridized carbons (Fsp3) is 0.222. The predicted molar refractivity (Wildman–Crippen MR) is 53.6 cm³/mol. The second-order valence-corrected chi connectivity index (χ2v) is 3.28. The van der Waals surface area contributed by atoms with Crippen LogP contribution >= 0.6 is 11.6 Å². The zero-order chi connectivity index (χ0) is 9.26. The van der Waals surface area contributed by atoms with Gasteiger partial charge in [0.15, 0.2) is 0 Å². The number of hydrogen-bond donors (Lipinski definition) is 1. The van der Waals surface area contributed by atoms with Crippen LogP contribution in [-0.4, -0.2) is 17.9 Å². The van der Waals surface area contributed by atoms with Gasteiger partial charge in [0.05, 0.1) is 0 Å². The fourth-order valence-electron chi connectivity index (χ4n) is 1.28. The Kier molecular flexibility index (Phi) is 2.10. The first-order chi connectivity index (χ1) is 6.27. The average molecular weight is 197 g/mol. The molecule has 13 heavy (non-hydrogen) atoms. The van der Waals surface area contributed by atoms with E-state index in [4.69, 9.17) is 11.6 Å². The zero-order valence-corrected chi connectivity index (χ0v) is 7.70. The van der Waals surface area contributed by atoms with E-state index in [2.05, 4.69) is 5.10 Å². The summed E-state index contributed by atoms with van der Waals surface area (Å²) in [4.78, 5) is 0. The van der Waals surface area contributed by atoms with Crippen LogP contribution in [0.4, 0.5) is 5.69 Å². The minimum atomic E-state index is 0.212. The first-order valence-corrected chi connectivity index (χ1v) is 4.43. The van der Waals surface area contributed by atoms with Crippen molar-refractivity contribution in [1.29, 1.82) is 0 Å². The van der Waals surface area contributed by atoms with Crippen molar-refractivity contribution < 1.29 is 5.11 Å². The molecule has 1 aliphatic rings. The Morgan fingerprint density at radius 2 is 2.31 bits per heavy atom. The van der Waals surface area contributed by atoms with Gasteiger partial charge in [0.25, 0.3) is 0 Å². The van der Waals surface area contributed by atoms with Gasteiger partial charge in [0, 0.05) is 24.2 Å². The molecule has 0 aliphatic carbocycles. The molecule has 68 valence electrons. The number of hydrazone groups is 1. The topological polar surface area (TPSA) is 35.8 Å². The van der Waals surface area contributed by atoms with Crippen LogP contribution in [0.5, 0.6) is 5.75 Å². The third-order valence-corrected chi connectivity index (χ3v) is 2.14. The Morgan fingerprint density at radius 3 is 3.00 bits per heavy atom. The smallest absolute Gasteiger partial charge is 0.140 e. The Labute approximate surface area is 81.2 Å². The number of rotatable bonds is 1. The van der Waals surface area contributed by atoms with Gasteiger partial charge in [-0.2, -0.15) is 5.10 Å². The summed E-state index contributed by atoms with van der Waals surface area (Å²) in [5.74, 6) is 0.212. The summed E-state index contributed by atoms with van der Waals surface area (Å²) in [5, 5.41) is 16.0. The number of phenols is 1. The minimum Gasteiger partial charge on any atom is -0.506 e. The molecule has 0 radical (unpaired) electrons. The number of halogens is 1. The molecule has 0 bridgehead atoms. The van der Waals surface area contributed by atoms with Crippen LogP contribution < -0.4 is 5.01 Å². The van der Waals surface area contributed by atoms with Gasteiger partial charge in [-0.05, 0) is 18.2 Å². The van der Waals surface area contributed by atoms with Gasteiger partial charge >= 0.3 is 0 Å². The molecule has 1 heterocycles. The molecule has 0 unspecified atom stereocenters. The van der Waals surface area contributed by atoms with E-state index in [1.54, 1.807) is 23.2 Å². The van der Waals surface area contributed by atoms with E-state index in [1.807, 2.05) is 6.21 Å². The summed E-state index contributed by atoms with van der Waals surface area (Å²) in [6, 6.07) is 4.94. The molecular weight excluding hydrogens is 188 g/mol. The number of benzene rings is 1. The monoisotopic (exact) mass is 196 g/mol. The van der Waals surface area contributed by atoms with Crippen LogP contribution in [0.1, 0.15) is 6.42 Å². The fourth-order valence-corrected chi connectivity index (χ4v) is 1.45. The number of aromatic hydroxyl groups is 1. The molecule has 0 spiro atoms. The highest BCUT2D eigenvalue weighted by Crippen LogP contribution is 2.31. The summed E-state index contributed by atoms with van der Waals surface area (Å²) < 4.78 is 0. The van der Waals surface area contributed by atoms with E-state index in [1.165, 1.54) is 0 Å². The van der Waals surface area contributed by atoms with Crippen molar-refractivity contribution in [2.45, 2.75) is 6.42 Å². The molecule has 3 nitrogen and oxygen atoms in total. The highest BCUT2D eigenvalue weighted by molar-refractivity contribution is 6.30. The maximum absolute atomic E-state index is 9.52. The molecule has 0 saturated carbocycles. The largest absolute Gasteiger partial charge is 0.506 e. The Balaban J connectivity index is 2.37. The van der Waals surface area contributed by atoms with Gasteiger partial charge < -0.3 is 5.11 Å². The number of anilines is 1. The second kappa shape index (κ2) is 3.26. The van der Waals surface area contributed by atoms with Gasteiger partial charge in [0.2, 0.25) is 0 Å². The Hall–Kier alpha value is -1.22. The van der Waals surface area contributed by atoms with E-state index in [9.17, 15) is 5.11 Å². The summed E-state index contributed by atoms with van der Waals surface area (Å²) in [6.45, 7) is 0.800. The lowest BCUT2D eigenvalue weighted by molar-refractivity contribution is 0.474. The highest BCUT2D eigenvalue weighted by atomic mass is 35.5. The summed E-state index contributed by atoms with van der Waals surface area (Å²) in [7, 11) is 0. The van der Waals surface area contributed by atoms with Crippen molar-refractivity contribution in [2.75, 3.05) is 11.6 Å². The van der Waals surface area contributed by atoms with Crippen molar-refractivity contribution in [1.82, 2.24) is 0 Å².